The first kappa shape index (κ1) is 13.5. The largest absolute Gasteiger partial charge is 0.326 e. The highest BCUT2D eigenvalue weighted by atomic mass is 35.5. The average Bonchev–Trinajstić information content (AvgIpc) is 3.11. The van der Waals surface area contributed by atoms with Gasteiger partial charge in [0.25, 0.3) is 0 Å². The first-order valence-electron chi connectivity index (χ1n) is 6.84. The fourth-order valence-electron chi connectivity index (χ4n) is 2.55. The van der Waals surface area contributed by atoms with Crippen molar-refractivity contribution in [3.05, 3.63) is 58.4 Å². The molecular formula is C17H11ClN2OS. The maximum atomic E-state index is 11.4. The number of hydrogen-bond donors (Lipinski definition) is 1. The molecule has 0 saturated heterocycles. The summed E-state index contributed by atoms with van der Waals surface area (Å²) in [5.41, 5.74) is 4.89. The van der Waals surface area contributed by atoms with E-state index in [1.807, 2.05) is 47.8 Å². The maximum absolute atomic E-state index is 11.4. The van der Waals surface area contributed by atoms with Gasteiger partial charge in [-0.3, -0.25) is 4.79 Å². The average molecular weight is 327 g/mol. The van der Waals surface area contributed by atoms with Crippen molar-refractivity contribution in [3.8, 4) is 21.8 Å². The molecule has 0 radical (unpaired) electrons. The number of nitrogens with zero attached hydrogens (tertiary/aromatic N) is 1. The van der Waals surface area contributed by atoms with E-state index in [0.717, 1.165) is 33.1 Å². The summed E-state index contributed by atoms with van der Waals surface area (Å²) in [6.45, 7) is 0. The molecule has 1 aliphatic heterocycles. The zero-order valence-electron chi connectivity index (χ0n) is 11.5. The number of thiazole rings is 1. The molecule has 2 heterocycles. The third kappa shape index (κ3) is 2.40. The minimum absolute atomic E-state index is 0.0463. The standard InChI is InChI=1S/C17H11ClN2OS/c18-13-3-1-2-11(7-13)17-20-15(9-22-17)10-4-5-14-12(6-10)8-16(21)19-14/h1-7,9H,8H2,(H,19,21). The molecule has 1 aromatic heterocycles. The molecule has 0 atom stereocenters. The fourth-order valence-corrected chi connectivity index (χ4v) is 3.57. The summed E-state index contributed by atoms with van der Waals surface area (Å²) in [4.78, 5) is 16.1. The summed E-state index contributed by atoms with van der Waals surface area (Å²) >= 11 is 7.62. The van der Waals surface area contributed by atoms with Gasteiger partial charge in [-0.25, -0.2) is 4.98 Å². The number of benzene rings is 2. The van der Waals surface area contributed by atoms with Crippen LogP contribution in [-0.2, 0) is 11.2 Å². The van der Waals surface area contributed by atoms with Crippen LogP contribution in [0.3, 0.4) is 0 Å². The van der Waals surface area contributed by atoms with Crippen molar-refractivity contribution in [3.63, 3.8) is 0 Å². The van der Waals surface area contributed by atoms with Gasteiger partial charge in [-0.05, 0) is 29.8 Å². The second-order valence-electron chi connectivity index (χ2n) is 5.15. The Labute approximate surface area is 136 Å². The van der Waals surface area contributed by atoms with Crippen LogP contribution >= 0.6 is 22.9 Å². The number of fused-ring (bicyclic) bond motifs is 1. The SMILES string of the molecule is O=C1Cc2cc(-c3csc(-c4cccc(Cl)c4)n3)ccc2N1. The monoisotopic (exact) mass is 326 g/mol. The Morgan fingerprint density at radius 3 is 2.91 bits per heavy atom. The van der Waals surface area contributed by atoms with Crippen LogP contribution in [-0.4, -0.2) is 10.9 Å². The number of aromatic nitrogens is 1. The first-order valence-corrected chi connectivity index (χ1v) is 8.09. The van der Waals surface area contributed by atoms with Gasteiger partial charge in [0.2, 0.25) is 5.91 Å². The lowest BCUT2D eigenvalue weighted by Gasteiger charge is -2.01. The molecule has 4 rings (SSSR count). The third-order valence-electron chi connectivity index (χ3n) is 3.60. The van der Waals surface area contributed by atoms with Gasteiger partial charge in [-0.1, -0.05) is 29.8 Å². The van der Waals surface area contributed by atoms with Gasteiger partial charge in [0.1, 0.15) is 5.01 Å². The number of hydrogen-bond acceptors (Lipinski definition) is 3. The normalized spacial score (nSPS) is 13.0. The lowest BCUT2D eigenvalue weighted by atomic mass is 10.1. The molecule has 108 valence electrons. The molecule has 3 nitrogen and oxygen atoms in total. The zero-order valence-corrected chi connectivity index (χ0v) is 13.0. The second kappa shape index (κ2) is 5.23. The van der Waals surface area contributed by atoms with Crippen LogP contribution in [0.4, 0.5) is 5.69 Å². The quantitative estimate of drug-likeness (QED) is 0.746. The Kier molecular flexibility index (Phi) is 3.21. The Hall–Kier alpha value is -2.17. The van der Waals surface area contributed by atoms with Gasteiger partial charge in [-0.15, -0.1) is 11.3 Å². The van der Waals surface area contributed by atoms with Gasteiger partial charge < -0.3 is 5.32 Å². The van der Waals surface area contributed by atoms with E-state index >= 15 is 0 Å². The van der Waals surface area contributed by atoms with Crippen LogP contribution in [0.1, 0.15) is 5.56 Å². The molecule has 0 unspecified atom stereocenters. The summed E-state index contributed by atoms with van der Waals surface area (Å²) in [6, 6.07) is 13.6. The number of carbonyl (C=O) groups excluding carboxylic acids is 1. The van der Waals surface area contributed by atoms with Gasteiger partial charge in [-0.2, -0.15) is 0 Å². The van der Waals surface area contributed by atoms with E-state index in [4.69, 9.17) is 16.6 Å². The smallest absolute Gasteiger partial charge is 0.228 e. The topological polar surface area (TPSA) is 42.0 Å². The predicted molar refractivity (Wildman–Crippen MR) is 90.3 cm³/mol. The van der Waals surface area contributed by atoms with Gasteiger partial charge in [0.05, 0.1) is 12.1 Å². The third-order valence-corrected chi connectivity index (χ3v) is 4.73. The summed E-state index contributed by atoms with van der Waals surface area (Å²) < 4.78 is 0. The molecule has 0 aliphatic carbocycles. The van der Waals surface area contributed by atoms with Crippen molar-refractivity contribution in [1.29, 1.82) is 0 Å². The molecule has 5 heteroatoms. The molecule has 3 aromatic rings. The summed E-state index contributed by atoms with van der Waals surface area (Å²) in [5, 5.41) is 6.51. The van der Waals surface area contributed by atoms with Crippen LogP contribution in [0, 0.1) is 0 Å². The van der Waals surface area contributed by atoms with Crippen molar-refractivity contribution in [1.82, 2.24) is 4.98 Å². The molecule has 22 heavy (non-hydrogen) atoms. The Morgan fingerprint density at radius 2 is 2.05 bits per heavy atom. The number of anilines is 1. The highest BCUT2D eigenvalue weighted by molar-refractivity contribution is 7.13. The second-order valence-corrected chi connectivity index (χ2v) is 6.44. The summed E-state index contributed by atoms with van der Waals surface area (Å²) in [6.07, 6.45) is 0.439. The summed E-state index contributed by atoms with van der Waals surface area (Å²) in [5.74, 6) is 0.0463. The Bertz CT molecular complexity index is 888. The molecular weight excluding hydrogens is 316 g/mol. The minimum Gasteiger partial charge on any atom is -0.326 e. The maximum Gasteiger partial charge on any atom is 0.228 e. The van der Waals surface area contributed by atoms with E-state index in [2.05, 4.69) is 5.32 Å². The van der Waals surface area contributed by atoms with E-state index in [-0.39, 0.29) is 5.91 Å². The molecule has 1 aliphatic rings. The number of rotatable bonds is 2. The molecule has 0 fully saturated rings. The zero-order chi connectivity index (χ0) is 15.1. The molecule has 0 spiro atoms. The van der Waals surface area contributed by atoms with Gasteiger partial charge >= 0.3 is 0 Å². The lowest BCUT2D eigenvalue weighted by molar-refractivity contribution is -0.115. The Balaban J connectivity index is 1.70. The van der Waals surface area contributed by atoms with Crippen LogP contribution in [0.25, 0.3) is 21.8 Å². The highest BCUT2D eigenvalue weighted by Crippen LogP contribution is 2.33. The molecule has 2 aromatic carbocycles. The number of halogens is 1. The van der Waals surface area contributed by atoms with E-state index in [0.29, 0.717) is 11.4 Å². The van der Waals surface area contributed by atoms with Crippen LogP contribution in [0.5, 0.6) is 0 Å². The first-order chi connectivity index (χ1) is 10.7. The van der Waals surface area contributed by atoms with Crippen molar-refractivity contribution < 1.29 is 4.79 Å². The van der Waals surface area contributed by atoms with Gasteiger partial charge in [0.15, 0.2) is 0 Å². The van der Waals surface area contributed by atoms with Crippen molar-refractivity contribution in [2.75, 3.05) is 5.32 Å². The van der Waals surface area contributed by atoms with Gasteiger partial charge in [0, 0.05) is 27.2 Å². The lowest BCUT2D eigenvalue weighted by Crippen LogP contribution is -2.03. The van der Waals surface area contributed by atoms with E-state index in [1.54, 1.807) is 11.3 Å². The molecule has 0 saturated carbocycles. The fraction of sp³-hybridized carbons (Fsp3) is 0.0588. The molecule has 1 amide bonds. The highest BCUT2D eigenvalue weighted by Gasteiger charge is 2.18. The van der Waals surface area contributed by atoms with Crippen molar-refractivity contribution in [2.45, 2.75) is 6.42 Å². The Morgan fingerprint density at radius 1 is 1.14 bits per heavy atom. The van der Waals surface area contributed by atoms with E-state index in [1.165, 1.54) is 0 Å². The number of amides is 1. The van der Waals surface area contributed by atoms with Crippen LogP contribution in [0.15, 0.2) is 47.8 Å². The predicted octanol–water partition coefficient (Wildman–Crippen LogP) is 4.63. The number of carbonyl (C=O) groups is 1. The summed E-state index contributed by atoms with van der Waals surface area (Å²) in [7, 11) is 0. The molecule has 0 bridgehead atoms. The minimum atomic E-state index is 0.0463. The van der Waals surface area contributed by atoms with Crippen LogP contribution in [0.2, 0.25) is 5.02 Å². The van der Waals surface area contributed by atoms with Crippen LogP contribution < -0.4 is 5.32 Å². The van der Waals surface area contributed by atoms with Crippen molar-refractivity contribution in [2.24, 2.45) is 0 Å². The van der Waals surface area contributed by atoms with E-state index in [9.17, 15) is 4.79 Å². The number of nitrogens with one attached hydrogen (secondary N) is 1. The molecule has 1 N–H and O–H groups in total. The van der Waals surface area contributed by atoms with E-state index < -0.39 is 0 Å². The van der Waals surface area contributed by atoms with Crippen molar-refractivity contribution >= 4 is 34.5 Å².